The molecule has 1 aliphatic rings. The van der Waals surface area contributed by atoms with Crippen LogP contribution in [0.15, 0.2) is 12.1 Å². The zero-order valence-electron chi connectivity index (χ0n) is 14.4. The Kier molecular flexibility index (Phi) is 5.77. The van der Waals surface area contributed by atoms with Crippen molar-refractivity contribution in [3.63, 3.8) is 0 Å². The van der Waals surface area contributed by atoms with Crippen molar-refractivity contribution in [2.75, 3.05) is 0 Å². The van der Waals surface area contributed by atoms with Gasteiger partial charge in [0.25, 0.3) is 11.8 Å². The molecule has 8 heteroatoms. The number of halogens is 3. The van der Waals surface area contributed by atoms with Crippen LogP contribution in [0.5, 0.6) is 0 Å². The summed E-state index contributed by atoms with van der Waals surface area (Å²) >= 11 is 8.21. The largest absolute Gasteiger partial charge is 0.366 e. The fraction of sp³-hybridized carbons (Fsp3) is 0.263. The Morgan fingerprint density at radius 1 is 1.48 bits per heavy atom. The van der Waals surface area contributed by atoms with Crippen LogP contribution >= 0.6 is 34.2 Å². The van der Waals surface area contributed by atoms with Crippen molar-refractivity contribution in [2.45, 2.75) is 32.2 Å². The summed E-state index contributed by atoms with van der Waals surface area (Å²) < 4.78 is 17.5. The van der Waals surface area contributed by atoms with Crippen molar-refractivity contribution in [1.29, 1.82) is 0 Å². The summed E-state index contributed by atoms with van der Waals surface area (Å²) in [5.41, 5.74) is 7.56. The third kappa shape index (κ3) is 3.82. The van der Waals surface area contributed by atoms with Gasteiger partial charge in [0.15, 0.2) is 0 Å². The van der Waals surface area contributed by atoms with Gasteiger partial charge in [0, 0.05) is 51.2 Å². The van der Waals surface area contributed by atoms with Crippen molar-refractivity contribution in [1.82, 2.24) is 10.3 Å². The van der Waals surface area contributed by atoms with Gasteiger partial charge >= 0.3 is 0 Å². The number of fused-ring (bicyclic) bond motifs is 1. The van der Waals surface area contributed by atoms with Gasteiger partial charge in [-0.25, -0.2) is 4.39 Å². The molecule has 0 spiro atoms. The normalized spacial score (nSPS) is 16.4. The summed E-state index contributed by atoms with van der Waals surface area (Å²) in [6.45, 7) is 1.75. The molecule has 1 atom stereocenters. The monoisotopic (exact) mass is 499 g/mol. The summed E-state index contributed by atoms with van der Waals surface area (Å²) in [6, 6.07) is 0.982. The van der Waals surface area contributed by atoms with E-state index in [0.717, 1.165) is 18.1 Å². The number of aromatic amines is 1. The highest BCUT2D eigenvalue weighted by molar-refractivity contribution is 14.1. The molecule has 4 N–H and O–H groups in total. The molecule has 0 saturated heterocycles. The van der Waals surface area contributed by atoms with Gasteiger partial charge in [0.2, 0.25) is 0 Å². The summed E-state index contributed by atoms with van der Waals surface area (Å²) in [7, 11) is 0. The van der Waals surface area contributed by atoms with Crippen molar-refractivity contribution in [3.8, 4) is 9.85 Å². The van der Waals surface area contributed by atoms with Crippen LogP contribution in [0.3, 0.4) is 0 Å². The van der Waals surface area contributed by atoms with E-state index in [1.807, 2.05) is 6.08 Å². The Bertz CT molecular complexity index is 1050. The predicted octanol–water partition coefficient (Wildman–Crippen LogP) is 3.82. The van der Waals surface area contributed by atoms with E-state index in [9.17, 15) is 14.0 Å². The molecule has 2 aromatic rings. The molecule has 1 aromatic carbocycles. The number of amides is 2. The number of carbonyl (C=O) groups is 2. The van der Waals surface area contributed by atoms with Gasteiger partial charge < -0.3 is 16.0 Å². The van der Waals surface area contributed by atoms with Crippen LogP contribution in [0, 0.1) is 22.6 Å². The van der Waals surface area contributed by atoms with Crippen LogP contribution in [0.25, 0.3) is 16.5 Å². The molecule has 0 saturated carbocycles. The van der Waals surface area contributed by atoms with Crippen LogP contribution in [0.2, 0.25) is 5.02 Å². The van der Waals surface area contributed by atoms with Crippen LogP contribution in [0.1, 0.15) is 40.9 Å². The minimum Gasteiger partial charge on any atom is -0.366 e. The van der Waals surface area contributed by atoms with Crippen LogP contribution in [-0.2, 0) is 4.79 Å². The highest BCUT2D eigenvalue weighted by Gasteiger charge is 2.26. The highest BCUT2D eigenvalue weighted by Crippen LogP contribution is 2.40. The summed E-state index contributed by atoms with van der Waals surface area (Å²) in [5.74, 6) is 0.776. The highest BCUT2D eigenvalue weighted by atomic mass is 127. The minimum absolute atomic E-state index is 0.0554. The van der Waals surface area contributed by atoms with E-state index in [1.54, 1.807) is 29.5 Å². The lowest BCUT2D eigenvalue weighted by Crippen LogP contribution is -2.35. The van der Waals surface area contributed by atoms with Gasteiger partial charge in [-0.3, -0.25) is 9.59 Å². The topological polar surface area (TPSA) is 88.0 Å². The number of nitrogens with two attached hydrogens (primary N) is 1. The molecular formula is C19H16ClFIN3O2. The Morgan fingerprint density at radius 2 is 2.22 bits per heavy atom. The van der Waals surface area contributed by atoms with Gasteiger partial charge in [0.05, 0.1) is 16.1 Å². The first-order valence-electron chi connectivity index (χ1n) is 8.25. The Hall–Kier alpha value is -2.05. The zero-order chi connectivity index (χ0) is 19.7. The Labute approximate surface area is 174 Å². The van der Waals surface area contributed by atoms with E-state index in [1.165, 1.54) is 0 Å². The molecule has 0 bridgehead atoms. The third-order valence-corrected chi connectivity index (χ3v) is 5.34. The minimum atomic E-state index is -0.733. The van der Waals surface area contributed by atoms with Gasteiger partial charge in [-0.2, -0.15) is 0 Å². The zero-order valence-corrected chi connectivity index (χ0v) is 17.3. The van der Waals surface area contributed by atoms with Gasteiger partial charge in [-0.15, -0.1) is 0 Å². The maximum Gasteiger partial charge on any atom is 0.296 e. The number of benzene rings is 1. The molecule has 140 valence electrons. The quantitative estimate of drug-likeness (QED) is 0.443. The molecule has 2 amide bonds. The van der Waals surface area contributed by atoms with E-state index in [-0.39, 0.29) is 17.5 Å². The van der Waals surface area contributed by atoms with Crippen molar-refractivity contribution in [2.24, 2.45) is 5.73 Å². The smallest absolute Gasteiger partial charge is 0.296 e. The molecule has 3 rings (SSSR count). The number of aromatic nitrogens is 1. The maximum atomic E-state index is 15.0. The first-order valence-corrected chi connectivity index (χ1v) is 9.70. The first kappa shape index (κ1) is 19.7. The van der Waals surface area contributed by atoms with E-state index in [0.29, 0.717) is 40.0 Å². The molecule has 27 heavy (non-hydrogen) atoms. The average Bonchev–Trinajstić information content (AvgIpc) is 2.90. The van der Waals surface area contributed by atoms with Gasteiger partial charge in [-0.05, 0) is 41.8 Å². The molecule has 5 nitrogen and oxygen atoms in total. The van der Waals surface area contributed by atoms with Crippen LogP contribution in [0.4, 0.5) is 4.39 Å². The molecule has 0 unspecified atom stereocenters. The number of nitrogens with one attached hydrogen (secondary N) is 2. The number of hydrogen-bond donors (Lipinski definition) is 3. The predicted molar refractivity (Wildman–Crippen MR) is 112 cm³/mol. The number of rotatable bonds is 3. The van der Waals surface area contributed by atoms with E-state index in [2.05, 4.69) is 20.1 Å². The van der Waals surface area contributed by atoms with Crippen LogP contribution in [-0.4, -0.2) is 22.8 Å². The second kappa shape index (κ2) is 7.90. The Balaban J connectivity index is 2.09. The molecule has 0 aliphatic heterocycles. The fourth-order valence-corrected chi connectivity index (χ4v) is 3.92. The second-order valence-electron chi connectivity index (χ2n) is 6.36. The van der Waals surface area contributed by atoms with E-state index < -0.39 is 11.7 Å². The summed E-state index contributed by atoms with van der Waals surface area (Å²) in [5, 5.41) is 3.63. The van der Waals surface area contributed by atoms with Gasteiger partial charge in [0.1, 0.15) is 5.82 Å². The SMILES string of the molecule is Cc1[nH]c2c(C(N)=O)cc(F)c(C3=CCC[C@@H](NC(=O)C#CI)C3)c2c1Cl. The van der Waals surface area contributed by atoms with Crippen LogP contribution < -0.4 is 11.1 Å². The average molecular weight is 500 g/mol. The Morgan fingerprint density at radius 3 is 2.89 bits per heavy atom. The van der Waals surface area contributed by atoms with Crippen molar-refractivity contribution >= 4 is 62.5 Å². The molecule has 1 aromatic heterocycles. The first-order chi connectivity index (χ1) is 12.8. The number of H-pyrrole nitrogens is 1. The number of primary amides is 1. The molecule has 1 heterocycles. The van der Waals surface area contributed by atoms with Gasteiger partial charge in [-0.1, -0.05) is 17.7 Å². The maximum absolute atomic E-state index is 15.0. The second-order valence-corrected chi connectivity index (χ2v) is 7.28. The van der Waals surface area contributed by atoms with Crippen molar-refractivity contribution < 1.29 is 14.0 Å². The van der Waals surface area contributed by atoms with E-state index in [4.69, 9.17) is 17.3 Å². The molecule has 0 fully saturated rings. The van der Waals surface area contributed by atoms with Crippen molar-refractivity contribution in [3.05, 3.63) is 39.8 Å². The molecular weight excluding hydrogens is 484 g/mol. The number of aryl methyl sites for hydroxylation is 1. The lowest BCUT2D eigenvalue weighted by molar-refractivity contribution is -0.116. The fourth-order valence-electron chi connectivity index (χ4n) is 3.44. The molecule has 1 aliphatic carbocycles. The number of allylic oxidation sites excluding steroid dienone is 1. The third-order valence-electron chi connectivity index (χ3n) is 4.60. The molecule has 0 radical (unpaired) electrons. The summed E-state index contributed by atoms with van der Waals surface area (Å²) in [6.07, 6.45) is 3.80. The standard InChI is InChI=1S/C19H16ClFIN3O2/c1-9-17(20)16-15(13(21)8-12(19(23)27)18(16)24-9)10-3-2-4-11(7-10)25-14(26)5-6-22/h3,8,11,24H,2,4,7H2,1H3,(H2,23,27)(H,25,26)/t11-/m1/s1. The lowest BCUT2D eigenvalue weighted by atomic mass is 9.87. The number of hydrogen-bond acceptors (Lipinski definition) is 2. The number of carbonyl (C=O) groups excluding carboxylic acids is 2. The van der Waals surface area contributed by atoms with E-state index >= 15 is 0 Å². The summed E-state index contributed by atoms with van der Waals surface area (Å²) in [4.78, 5) is 26.5. The lowest BCUT2D eigenvalue weighted by Gasteiger charge is -2.24.